The number of carbonyl (C=O) groups excluding carboxylic acids is 3. The average molecular weight is 620 g/mol. The summed E-state index contributed by atoms with van der Waals surface area (Å²) in [5, 5.41) is 20.0. The number of hydrazone groups is 1. The number of carbonyl (C=O) groups is 3. The molecule has 4 rings (SSSR count). The van der Waals surface area contributed by atoms with Gasteiger partial charge in [-0.1, -0.05) is 12.1 Å². The first-order valence-electron chi connectivity index (χ1n) is 14.2. The van der Waals surface area contributed by atoms with E-state index in [9.17, 15) is 19.5 Å². The van der Waals surface area contributed by atoms with Crippen molar-refractivity contribution in [3.8, 4) is 17.2 Å². The summed E-state index contributed by atoms with van der Waals surface area (Å²) in [6, 6.07) is 12.9. The van der Waals surface area contributed by atoms with E-state index >= 15 is 0 Å². The van der Waals surface area contributed by atoms with Crippen molar-refractivity contribution in [2.24, 2.45) is 5.10 Å². The van der Waals surface area contributed by atoms with Crippen molar-refractivity contribution in [1.29, 1.82) is 0 Å². The van der Waals surface area contributed by atoms with Gasteiger partial charge in [0, 0.05) is 28.3 Å². The minimum Gasteiger partial charge on any atom is -0.490 e. The zero-order chi connectivity index (χ0) is 32.7. The zero-order valence-electron chi connectivity index (χ0n) is 26.0. The molecule has 0 aliphatic carbocycles. The van der Waals surface area contributed by atoms with E-state index < -0.39 is 30.2 Å². The molecule has 4 N–H and O–H groups in total. The van der Waals surface area contributed by atoms with Crippen LogP contribution < -0.4 is 25.5 Å². The number of aliphatic hydroxyl groups is 1. The highest BCUT2D eigenvalue weighted by molar-refractivity contribution is 5.95. The third-order valence-corrected chi connectivity index (χ3v) is 7.10. The number of aromatic nitrogens is 1. The first kappa shape index (κ1) is 32.6. The number of amides is 2. The Morgan fingerprint density at radius 3 is 2.51 bits per heavy atom. The van der Waals surface area contributed by atoms with E-state index in [2.05, 4.69) is 21.2 Å². The third kappa shape index (κ3) is 7.44. The minimum absolute atomic E-state index is 0.160. The number of hydrogen-bond acceptors (Lipinski definition) is 10. The number of benzene rings is 2. The Kier molecular flexibility index (Phi) is 10.5. The van der Waals surface area contributed by atoms with Crippen LogP contribution in [0.5, 0.6) is 11.5 Å². The highest BCUT2D eigenvalue weighted by atomic mass is 16.5. The van der Waals surface area contributed by atoms with E-state index in [4.69, 9.17) is 18.9 Å². The van der Waals surface area contributed by atoms with Gasteiger partial charge in [0.25, 0.3) is 0 Å². The predicted molar refractivity (Wildman–Crippen MR) is 166 cm³/mol. The number of rotatable bonds is 12. The van der Waals surface area contributed by atoms with Crippen LogP contribution in [0.1, 0.15) is 52.8 Å². The first-order valence-corrected chi connectivity index (χ1v) is 14.2. The van der Waals surface area contributed by atoms with Crippen LogP contribution in [-0.2, 0) is 14.3 Å². The number of urea groups is 1. The fraction of sp³-hybridized carbons (Fsp3) is 0.312. The molecular weight excluding hydrogens is 582 g/mol. The van der Waals surface area contributed by atoms with Gasteiger partial charge in [-0.15, -0.1) is 0 Å². The molecule has 0 unspecified atom stereocenters. The van der Waals surface area contributed by atoms with Crippen molar-refractivity contribution in [1.82, 2.24) is 20.6 Å². The Balaban J connectivity index is 1.43. The summed E-state index contributed by atoms with van der Waals surface area (Å²) in [5.41, 5.74) is 7.77. The highest BCUT2D eigenvalue weighted by Gasteiger charge is 2.32. The van der Waals surface area contributed by atoms with Gasteiger partial charge in [-0.2, -0.15) is 5.10 Å². The smallest absolute Gasteiger partial charge is 0.337 e. The van der Waals surface area contributed by atoms with Gasteiger partial charge >= 0.3 is 18.0 Å². The van der Waals surface area contributed by atoms with E-state index in [1.807, 2.05) is 37.5 Å². The lowest BCUT2D eigenvalue weighted by molar-refractivity contribution is -0.136. The van der Waals surface area contributed by atoms with Crippen molar-refractivity contribution < 1.29 is 38.4 Å². The van der Waals surface area contributed by atoms with Crippen molar-refractivity contribution in [3.05, 3.63) is 87.9 Å². The summed E-state index contributed by atoms with van der Waals surface area (Å²) in [4.78, 5) is 36.6. The summed E-state index contributed by atoms with van der Waals surface area (Å²) >= 11 is 0. The molecule has 0 bridgehead atoms. The molecule has 0 fully saturated rings. The summed E-state index contributed by atoms with van der Waals surface area (Å²) < 4.78 is 23.3. The molecule has 2 heterocycles. The van der Waals surface area contributed by atoms with Gasteiger partial charge in [-0.05, 0) is 69.7 Å². The minimum atomic E-state index is -1.16. The molecular formula is C32H37N5O8. The second-order valence-corrected chi connectivity index (χ2v) is 10.1. The van der Waals surface area contributed by atoms with E-state index in [1.54, 1.807) is 49.5 Å². The molecule has 238 valence electrons. The van der Waals surface area contributed by atoms with Crippen molar-refractivity contribution in [2.45, 2.75) is 40.0 Å². The zero-order valence-corrected chi connectivity index (χ0v) is 26.0. The maximum atomic E-state index is 12.5. The molecule has 45 heavy (non-hydrogen) atoms. The van der Waals surface area contributed by atoms with Crippen molar-refractivity contribution in [2.75, 3.05) is 27.4 Å². The normalized spacial score (nSPS) is 15.3. The summed E-state index contributed by atoms with van der Waals surface area (Å²) in [5.74, 6) is -0.276. The quantitative estimate of drug-likeness (QED) is 0.103. The van der Waals surface area contributed by atoms with Crippen LogP contribution in [0.15, 0.2) is 64.9 Å². The van der Waals surface area contributed by atoms with Crippen LogP contribution in [0.4, 0.5) is 4.79 Å². The van der Waals surface area contributed by atoms with E-state index in [1.165, 1.54) is 14.2 Å². The lowest BCUT2D eigenvalue weighted by Gasteiger charge is -2.28. The maximum Gasteiger partial charge on any atom is 0.337 e. The number of nitrogens with zero attached hydrogens (tertiary/aromatic N) is 2. The number of nitrogens with one attached hydrogen (secondary N) is 3. The molecule has 0 radical (unpaired) electrons. The van der Waals surface area contributed by atoms with Crippen LogP contribution in [0, 0.1) is 13.8 Å². The number of ether oxygens (including phenoxy) is 4. The number of aliphatic hydroxyl groups excluding tert-OH is 1. The number of methoxy groups -OCH3 is 2. The van der Waals surface area contributed by atoms with E-state index in [-0.39, 0.29) is 12.2 Å². The van der Waals surface area contributed by atoms with Crippen molar-refractivity contribution in [3.63, 3.8) is 0 Å². The number of esters is 2. The van der Waals surface area contributed by atoms with Crippen LogP contribution >= 0.6 is 0 Å². The third-order valence-electron chi connectivity index (χ3n) is 7.10. The van der Waals surface area contributed by atoms with Crippen LogP contribution in [-0.4, -0.2) is 67.5 Å². The second-order valence-electron chi connectivity index (χ2n) is 10.1. The molecule has 2 atom stereocenters. The topological polar surface area (TPSA) is 162 Å². The van der Waals surface area contributed by atoms with Gasteiger partial charge in [0.1, 0.15) is 6.61 Å². The molecule has 13 heteroatoms. The van der Waals surface area contributed by atoms with Gasteiger partial charge in [0.2, 0.25) is 0 Å². The lowest BCUT2D eigenvalue weighted by Crippen LogP contribution is -2.45. The molecule has 3 aromatic rings. The molecule has 1 aromatic heterocycles. The number of hydrogen-bond donors (Lipinski definition) is 4. The Hall–Kier alpha value is -5.30. The second kappa shape index (κ2) is 14.4. The fourth-order valence-corrected chi connectivity index (χ4v) is 5.02. The molecule has 2 aromatic carbocycles. The molecule has 1 aliphatic rings. The van der Waals surface area contributed by atoms with Gasteiger partial charge in [0.05, 0.1) is 44.2 Å². The highest BCUT2D eigenvalue weighted by Crippen LogP contribution is 2.35. The largest absolute Gasteiger partial charge is 0.490 e. The Morgan fingerprint density at radius 2 is 1.80 bits per heavy atom. The Labute approximate surface area is 260 Å². The SMILES string of the molecule is CCOc1cc([C@@H]2NC(=O)NC(C)=C2C(=O)OC)ccc1OC[C@@H](O)N/N=C\c1cc(C)n(-c2cccc(C(=O)OC)c2)c1C. The molecule has 1 aliphatic heterocycles. The Bertz CT molecular complexity index is 1640. The van der Waals surface area contributed by atoms with Gasteiger partial charge in [-0.3, -0.25) is 5.43 Å². The maximum absolute atomic E-state index is 12.5. The van der Waals surface area contributed by atoms with Crippen molar-refractivity contribution >= 4 is 24.2 Å². The van der Waals surface area contributed by atoms with Crippen LogP contribution in [0.3, 0.4) is 0 Å². The average Bonchev–Trinajstić information content (AvgIpc) is 3.31. The van der Waals surface area contributed by atoms with Gasteiger partial charge < -0.3 is 39.3 Å². The fourth-order valence-electron chi connectivity index (χ4n) is 5.02. The van der Waals surface area contributed by atoms with E-state index in [0.717, 1.165) is 22.6 Å². The van der Waals surface area contributed by atoms with Gasteiger partial charge in [-0.25, -0.2) is 14.4 Å². The summed E-state index contributed by atoms with van der Waals surface area (Å²) in [7, 11) is 2.61. The summed E-state index contributed by atoms with van der Waals surface area (Å²) in [6.07, 6.45) is 0.435. The predicted octanol–water partition coefficient (Wildman–Crippen LogP) is 3.40. The first-order chi connectivity index (χ1) is 21.6. The van der Waals surface area contributed by atoms with Crippen LogP contribution in [0.25, 0.3) is 5.69 Å². The number of allylic oxidation sites excluding steroid dienone is 1. The monoisotopic (exact) mass is 619 g/mol. The molecule has 2 amide bonds. The standard InChI is InChI=1S/C32H37N5O8/c1-7-44-26-15-21(29-28(31(40)43-6)19(3)34-32(41)35-29)11-12-25(26)45-17-27(38)36-33-16-23-13-18(2)37(20(23)4)24-10-8-9-22(14-24)30(39)42-5/h8-16,27,29,36,38H,7,17H2,1-6H3,(H2,34,35,41)/b33-16-/t27-,29+/m1/s1. The number of aryl methyl sites for hydroxylation is 1. The molecule has 13 nitrogen and oxygen atoms in total. The van der Waals surface area contributed by atoms with Gasteiger partial charge in [0.15, 0.2) is 17.7 Å². The molecule has 0 saturated carbocycles. The van der Waals surface area contributed by atoms with Crippen LogP contribution in [0.2, 0.25) is 0 Å². The Morgan fingerprint density at radius 1 is 1.04 bits per heavy atom. The summed E-state index contributed by atoms with van der Waals surface area (Å²) in [6.45, 7) is 7.47. The molecule has 0 saturated heterocycles. The van der Waals surface area contributed by atoms with E-state index in [0.29, 0.717) is 34.9 Å². The molecule has 0 spiro atoms. The lowest BCUT2D eigenvalue weighted by atomic mass is 9.95.